The Morgan fingerprint density at radius 3 is 3.08 bits per heavy atom. The van der Waals surface area contributed by atoms with Crippen LogP contribution < -0.4 is 5.32 Å². The molecule has 0 saturated carbocycles. The first-order valence-electron chi connectivity index (χ1n) is 8.59. The monoisotopic (exact) mass is 321 g/mol. The second kappa shape index (κ2) is 6.61. The molecule has 5 nitrogen and oxygen atoms in total. The first-order chi connectivity index (χ1) is 11.8. The zero-order chi connectivity index (χ0) is 16.4. The molecule has 1 saturated heterocycles. The average molecular weight is 321 g/mol. The summed E-state index contributed by atoms with van der Waals surface area (Å²) in [6.45, 7) is 6.27. The Labute approximate surface area is 142 Å². The van der Waals surface area contributed by atoms with Crippen LogP contribution in [0.2, 0.25) is 0 Å². The number of anilines is 1. The Bertz CT molecular complexity index is 825. The van der Waals surface area contributed by atoms with Crippen LogP contribution in [0.1, 0.15) is 17.7 Å². The third-order valence-corrected chi connectivity index (χ3v) is 4.73. The highest BCUT2D eigenvalue weighted by Gasteiger charge is 2.23. The molecule has 24 heavy (non-hydrogen) atoms. The number of hydrogen-bond donors (Lipinski definition) is 1. The topological polar surface area (TPSA) is 45.5 Å². The molecular weight excluding hydrogens is 298 g/mol. The van der Waals surface area contributed by atoms with Crippen LogP contribution in [0.15, 0.2) is 48.8 Å². The number of fused-ring (bicyclic) bond motifs is 1. The highest BCUT2D eigenvalue weighted by molar-refractivity contribution is 5.53. The van der Waals surface area contributed by atoms with E-state index in [1.165, 1.54) is 17.5 Å². The molecule has 1 N–H and O–H groups in total. The molecule has 3 aromatic heterocycles. The van der Waals surface area contributed by atoms with Crippen LogP contribution in [-0.2, 0) is 6.54 Å². The Hall–Kier alpha value is -2.40. The first kappa shape index (κ1) is 15.1. The quantitative estimate of drug-likeness (QED) is 0.785. The largest absolute Gasteiger partial charge is 0.370 e. The van der Waals surface area contributed by atoms with Crippen LogP contribution in [0.4, 0.5) is 5.82 Å². The van der Waals surface area contributed by atoms with Crippen molar-refractivity contribution in [1.29, 1.82) is 0 Å². The highest BCUT2D eigenvalue weighted by Crippen LogP contribution is 2.21. The molecule has 124 valence electrons. The molecule has 0 aliphatic carbocycles. The van der Waals surface area contributed by atoms with E-state index in [-0.39, 0.29) is 0 Å². The van der Waals surface area contributed by atoms with Crippen molar-refractivity contribution in [1.82, 2.24) is 19.5 Å². The molecule has 0 aromatic carbocycles. The van der Waals surface area contributed by atoms with E-state index in [2.05, 4.69) is 38.5 Å². The zero-order valence-corrected chi connectivity index (χ0v) is 14.0. The van der Waals surface area contributed by atoms with Crippen LogP contribution in [0.25, 0.3) is 5.52 Å². The van der Waals surface area contributed by atoms with Crippen molar-refractivity contribution in [2.24, 2.45) is 5.92 Å². The van der Waals surface area contributed by atoms with Crippen molar-refractivity contribution >= 4 is 11.3 Å². The van der Waals surface area contributed by atoms with E-state index in [4.69, 9.17) is 0 Å². The SMILES string of the molecule is Cc1cccc(NC[C@H]2CCN(Cc3cnn4ccccc34)C2)n1. The summed E-state index contributed by atoms with van der Waals surface area (Å²) in [6.07, 6.45) is 5.24. The molecular formula is C19H23N5. The molecule has 4 heterocycles. The molecule has 0 spiro atoms. The lowest BCUT2D eigenvalue weighted by molar-refractivity contribution is 0.320. The van der Waals surface area contributed by atoms with Gasteiger partial charge in [-0.2, -0.15) is 5.10 Å². The Balaban J connectivity index is 1.33. The number of hydrogen-bond acceptors (Lipinski definition) is 4. The van der Waals surface area contributed by atoms with Crippen LogP contribution in [0.5, 0.6) is 0 Å². The van der Waals surface area contributed by atoms with E-state index < -0.39 is 0 Å². The van der Waals surface area contributed by atoms with Gasteiger partial charge >= 0.3 is 0 Å². The lowest BCUT2D eigenvalue weighted by Crippen LogP contribution is -2.22. The van der Waals surface area contributed by atoms with Crippen molar-refractivity contribution < 1.29 is 0 Å². The summed E-state index contributed by atoms with van der Waals surface area (Å²) in [4.78, 5) is 7.04. The number of likely N-dealkylation sites (tertiary alicyclic amines) is 1. The van der Waals surface area contributed by atoms with Gasteiger partial charge in [0.1, 0.15) is 5.82 Å². The lowest BCUT2D eigenvalue weighted by atomic mass is 10.1. The predicted molar refractivity (Wildman–Crippen MR) is 96.0 cm³/mol. The molecule has 1 aliphatic rings. The fourth-order valence-electron chi connectivity index (χ4n) is 3.46. The minimum absolute atomic E-state index is 0.675. The third-order valence-electron chi connectivity index (χ3n) is 4.73. The number of aryl methyl sites for hydroxylation is 1. The molecule has 5 heteroatoms. The first-order valence-corrected chi connectivity index (χ1v) is 8.59. The standard InChI is InChI=1S/C19H23N5/c1-15-5-4-7-19(22-15)20-11-16-8-10-23(13-16)14-17-12-21-24-9-3-2-6-18(17)24/h2-7,9,12,16H,8,10-11,13-14H2,1H3,(H,20,22)/t16-/m1/s1. The van der Waals surface area contributed by atoms with Crippen molar-refractivity contribution in [2.75, 3.05) is 25.0 Å². The summed E-state index contributed by atoms with van der Waals surface area (Å²) in [6, 6.07) is 12.3. The van der Waals surface area contributed by atoms with Gasteiger partial charge in [0.05, 0.1) is 11.7 Å². The molecule has 1 atom stereocenters. The van der Waals surface area contributed by atoms with Gasteiger partial charge < -0.3 is 5.32 Å². The van der Waals surface area contributed by atoms with Crippen LogP contribution in [0.3, 0.4) is 0 Å². The molecule has 3 aromatic rings. The minimum Gasteiger partial charge on any atom is -0.370 e. The van der Waals surface area contributed by atoms with Crippen LogP contribution in [-0.4, -0.2) is 39.1 Å². The van der Waals surface area contributed by atoms with Crippen molar-refractivity contribution in [3.05, 3.63) is 60.0 Å². The lowest BCUT2D eigenvalue weighted by Gasteiger charge is -2.16. The summed E-state index contributed by atoms with van der Waals surface area (Å²) in [5.74, 6) is 1.66. The normalized spacial score (nSPS) is 18.3. The van der Waals surface area contributed by atoms with E-state index in [0.29, 0.717) is 5.92 Å². The molecule has 0 unspecified atom stereocenters. The molecule has 0 bridgehead atoms. The van der Waals surface area contributed by atoms with Gasteiger partial charge in [0, 0.05) is 37.1 Å². The average Bonchev–Trinajstić information content (AvgIpc) is 3.21. The molecule has 4 rings (SSSR count). The van der Waals surface area contributed by atoms with Gasteiger partial charge in [-0.15, -0.1) is 0 Å². The summed E-state index contributed by atoms with van der Waals surface area (Å²) < 4.78 is 1.95. The number of rotatable bonds is 5. The summed E-state index contributed by atoms with van der Waals surface area (Å²) in [7, 11) is 0. The minimum atomic E-state index is 0.675. The van der Waals surface area contributed by atoms with Crippen molar-refractivity contribution in [2.45, 2.75) is 19.9 Å². The second-order valence-corrected chi connectivity index (χ2v) is 6.64. The fraction of sp³-hybridized carbons (Fsp3) is 0.368. The maximum absolute atomic E-state index is 4.51. The van der Waals surface area contributed by atoms with Gasteiger partial charge in [-0.25, -0.2) is 9.50 Å². The second-order valence-electron chi connectivity index (χ2n) is 6.64. The van der Waals surface area contributed by atoms with E-state index in [9.17, 15) is 0 Å². The Morgan fingerprint density at radius 1 is 1.21 bits per heavy atom. The maximum Gasteiger partial charge on any atom is 0.126 e. The van der Waals surface area contributed by atoms with Crippen LogP contribution in [0, 0.1) is 12.8 Å². The summed E-state index contributed by atoms with van der Waals surface area (Å²) in [5.41, 5.74) is 3.58. The summed E-state index contributed by atoms with van der Waals surface area (Å²) >= 11 is 0. The molecule has 1 aliphatic heterocycles. The van der Waals surface area contributed by atoms with E-state index >= 15 is 0 Å². The third kappa shape index (κ3) is 3.26. The number of nitrogens with one attached hydrogen (secondary N) is 1. The Kier molecular flexibility index (Phi) is 4.17. The predicted octanol–water partition coefficient (Wildman–Crippen LogP) is 2.97. The molecule has 1 fully saturated rings. The number of nitrogens with zero attached hydrogens (tertiary/aromatic N) is 4. The van der Waals surface area contributed by atoms with E-state index in [1.54, 1.807) is 0 Å². The highest BCUT2D eigenvalue weighted by atomic mass is 15.2. The van der Waals surface area contributed by atoms with Gasteiger partial charge in [0.2, 0.25) is 0 Å². The number of pyridine rings is 2. The van der Waals surface area contributed by atoms with Gasteiger partial charge in [-0.3, -0.25) is 4.90 Å². The van der Waals surface area contributed by atoms with Gasteiger partial charge in [-0.1, -0.05) is 12.1 Å². The Morgan fingerprint density at radius 2 is 2.17 bits per heavy atom. The molecule has 0 amide bonds. The van der Waals surface area contributed by atoms with Crippen molar-refractivity contribution in [3.8, 4) is 0 Å². The fourth-order valence-corrected chi connectivity index (χ4v) is 3.46. The smallest absolute Gasteiger partial charge is 0.126 e. The van der Waals surface area contributed by atoms with Gasteiger partial charge in [0.15, 0.2) is 0 Å². The van der Waals surface area contributed by atoms with Crippen LogP contribution >= 0.6 is 0 Å². The maximum atomic E-state index is 4.51. The van der Waals surface area contributed by atoms with E-state index in [1.807, 2.05) is 42.0 Å². The zero-order valence-electron chi connectivity index (χ0n) is 14.0. The molecule has 0 radical (unpaired) electrons. The summed E-state index contributed by atoms with van der Waals surface area (Å²) in [5, 5.41) is 7.92. The van der Waals surface area contributed by atoms with E-state index in [0.717, 1.165) is 37.7 Å². The van der Waals surface area contributed by atoms with Crippen molar-refractivity contribution in [3.63, 3.8) is 0 Å². The number of aromatic nitrogens is 3. The van der Waals surface area contributed by atoms with Gasteiger partial charge in [-0.05, 0) is 50.1 Å². The van der Waals surface area contributed by atoms with Gasteiger partial charge in [0.25, 0.3) is 0 Å².